The van der Waals surface area contributed by atoms with Gasteiger partial charge < -0.3 is 13.8 Å². The zero-order chi connectivity index (χ0) is 24.9. The Morgan fingerprint density at radius 1 is 0.794 bits per heavy atom. The molecular weight excluding hydrogens is 478 g/mol. The van der Waals surface area contributed by atoms with Crippen LogP contribution in [0.25, 0.3) is 0 Å². The van der Waals surface area contributed by atoms with E-state index >= 15 is 0 Å². The van der Waals surface area contributed by atoms with Crippen molar-refractivity contribution in [3.63, 3.8) is 0 Å². The average molecular weight is 500 g/mol. The van der Waals surface area contributed by atoms with Crippen molar-refractivity contribution in [3.8, 4) is 11.5 Å². The lowest BCUT2D eigenvalue weighted by molar-refractivity contribution is 0.0962. The summed E-state index contributed by atoms with van der Waals surface area (Å²) in [6, 6.07) is 15.1. The Morgan fingerprint density at radius 3 is 1.97 bits per heavy atom. The van der Waals surface area contributed by atoms with Crippen LogP contribution < -0.4 is 9.05 Å². The molecule has 0 amide bonds. The fourth-order valence-electron chi connectivity index (χ4n) is 3.12. The molecule has 0 aliphatic heterocycles. The summed E-state index contributed by atoms with van der Waals surface area (Å²) in [6.07, 6.45) is -0.421. The minimum Gasteiger partial charge on any atom is -0.416 e. The summed E-state index contributed by atoms with van der Waals surface area (Å²) < 4.78 is 98.5. The number of para-hydroxylation sites is 1. The van der Waals surface area contributed by atoms with Gasteiger partial charge in [-0.1, -0.05) is 49.4 Å². The number of benzene rings is 3. The van der Waals surface area contributed by atoms with E-state index in [2.05, 4.69) is 0 Å². The van der Waals surface area contributed by atoms with Crippen LogP contribution in [-0.2, 0) is 15.9 Å². The van der Waals surface area contributed by atoms with Crippen molar-refractivity contribution in [1.29, 1.82) is 0 Å². The Labute approximate surface area is 193 Å². The number of hydrogen-bond acceptors (Lipinski definition) is 4. The van der Waals surface area contributed by atoms with Crippen LogP contribution in [0.15, 0.2) is 54.6 Å². The smallest absolute Gasteiger partial charge is 0.416 e. The first-order valence-electron chi connectivity index (χ1n) is 10.3. The fraction of sp³-hybridized carbons (Fsp3) is 0.250. The third-order valence-electron chi connectivity index (χ3n) is 4.84. The van der Waals surface area contributed by atoms with Gasteiger partial charge in [-0.3, -0.25) is 0 Å². The van der Waals surface area contributed by atoms with Gasteiger partial charge in [-0.15, -0.1) is 0 Å². The highest BCUT2D eigenvalue weighted by Gasteiger charge is 2.36. The molecule has 0 spiro atoms. The summed E-state index contributed by atoms with van der Waals surface area (Å²) in [5.74, 6) is -13.4. The lowest BCUT2D eigenvalue weighted by atomic mass is 10.1. The SMILES string of the molecule is Cc1ccccc1COC[C@H](C)CP(=O)(Oc1ccccc1)Oc1c(F)c(F)c(F)c(F)c1F. The van der Waals surface area contributed by atoms with E-state index in [-0.39, 0.29) is 19.0 Å². The van der Waals surface area contributed by atoms with Crippen LogP contribution in [-0.4, -0.2) is 12.8 Å². The summed E-state index contributed by atoms with van der Waals surface area (Å²) in [5, 5.41) is 0. The first-order valence-corrected chi connectivity index (χ1v) is 12.0. The lowest BCUT2D eigenvalue weighted by Crippen LogP contribution is -2.17. The molecule has 0 saturated heterocycles. The van der Waals surface area contributed by atoms with Gasteiger partial charge >= 0.3 is 7.60 Å². The molecular formula is C24H22F5O4P. The molecule has 0 aliphatic rings. The minimum absolute atomic E-state index is 0.0303. The monoisotopic (exact) mass is 500 g/mol. The summed E-state index contributed by atoms with van der Waals surface area (Å²) in [5.41, 5.74) is 1.96. The molecule has 1 unspecified atom stereocenters. The van der Waals surface area contributed by atoms with Crippen molar-refractivity contribution in [2.75, 3.05) is 12.8 Å². The highest BCUT2D eigenvalue weighted by Crippen LogP contribution is 2.51. The largest absolute Gasteiger partial charge is 0.431 e. The van der Waals surface area contributed by atoms with E-state index in [4.69, 9.17) is 13.8 Å². The Hall–Kier alpha value is -2.90. The van der Waals surface area contributed by atoms with Gasteiger partial charge in [0.25, 0.3) is 0 Å². The van der Waals surface area contributed by atoms with E-state index in [0.717, 1.165) is 11.1 Å². The van der Waals surface area contributed by atoms with Crippen LogP contribution >= 0.6 is 7.60 Å². The molecule has 0 bridgehead atoms. The maximum Gasteiger partial charge on any atom is 0.431 e. The summed E-state index contributed by atoms with van der Waals surface area (Å²) in [4.78, 5) is 0. The van der Waals surface area contributed by atoms with Crippen LogP contribution in [0.4, 0.5) is 22.0 Å². The highest BCUT2D eigenvalue weighted by molar-refractivity contribution is 7.54. The van der Waals surface area contributed by atoms with E-state index in [9.17, 15) is 26.5 Å². The van der Waals surface area contributed by atoms with Gasteiger partial charge in [0, 0.05) is 0 Å². The van der Waals surface area contributed by atoms with Gasteiger partial charge in [0.2, 0.25) is 34.8 Å². The Bertz CT molecular complexity index is 1160. The molecule has 0 radical (unpaired) electrons. The van der Waals surface area contributed by atoms with Crippen molar-refractivity contribution in [2.45, 2.75) is 20.5 Å². The van der Waals surface area contributed by atoms with E-state index < -0.39 is 54.5 Å². The predicted octanol–water partition coefficient (Wildman–Crippen LogP) is 7.19. The van der Waals surface area contributed by atoms with Gasteiger partial charge in [0.15, 0.2) is 0 Å². The number of ether oxygens (including phenoxy) is 1. The second-order valence-electron chi connectivity index (χ2n) is 7.73. The molecule has 3 aromatic carbocycles. The van der Waals surface area contributed by atoms with Crippen LogP contribution in [0.1, 0.15) is 18.1 Å². The molecule has 0 aliphatic carbocycles. The van der Waals surface area contributed by atoms with E-state index in [1.807, 2.05) is 31.2 Å². The van der Waals surface area contributed by atoms with Crippen molar-refractivity contribution >= 4 is 7.60 Å². The minimum atomic E-state index is -4.47. The number of halogens is 5. The third kappa shape index (κ3) is 6.15. The Kier molecular flexibility index (Phi) is 8.33. The molecule has 0 saturated carbocycles. The maximum absolute atomic E-state index is 14.2. The molecule has 182 valence electrons. The molecule has 3 aromatic rings. The van der Waals surface area contributed by atoms with Crippen molar-refractivity contribution < 1.29 is 40.3 Å². The normalized spacial score (nSPS) is 13.9. The standard InChI is InChI=1S/C24H22F5O4P/c1-15(12-31-13-17-9-7-6-8-16(17)2)14-34(30,32-18-10-4-3-5-11-18)33-24-22(28)20(26)19(25)21(27)23(24)29/h3-11,15H,12-14H2,1-2H3/t15-,34?/m0/s1. The topological polar surface area (TPSA) is 44.8 Å². The third-order valence-corrected chi connectivity index (χ3v) is 6.86. The average Bonchev–Trinajstić information content (AvgIpc) is 2.81. The zero-order valence-corrected chi connectivity index (χ0v) is 19.3. The number of rotatable bonds is 10. The van der Waals surface area contributed by atoms with Gasteiger partial charge in [-0.25, -0.2) is 17.7 Å². The zero-order valence-electron chi connectivity index (χ0n) is 18.4. The molecule has 3 rings (SSSR count). The van der Waals surface area contributed by atoms with Gasteiger partial charge in [0.1, 0.15) is 5.75 Å². The van der Waals surface area contributed by atoms with Crippen LogP contribution in [0, 0.1) is 41.9 Å². The van der Waals surface area contributed by atoms with Gasteiger partial charge in [-0.2, -0.15) is 8.78 Å². The van der Waals surface area contributed by atoms with Crippen molar-refractivity contribution in [1.82, 2.24) is 0 Å². The number of aryl methyl sites for hydroxylation is 1. The molecule has 0 fully saturated rings. The van der Waals surface area contributed by atoms with Crippen LogP contribution in [0.3, 0.4) is 0 Å². The van der Waals surface area contributed by atoms with Gasteiger partial charge in [-0.05, 0) is 36.1 Å². The second-order valence-corrected chi connectivity index (χ2v) is 9.69. The highest BCUT2D eigenvalue weighted by atomic mass is 31.2. The maximum atomic E-state index is 14.2. The predicted molar refractivity (Wildman–Crippen MR) is 116 cm³/mol. The van der Waals surface area contributed by atoms with E-state index in [1.54, 1.807) is 25.1 Å². The van der Waals surface area contributed by atoms with E-state index in [0.29, 0.717) is 0 Å². The van der Waals surface area contributed by atoms with Crippen LogP contribution in [0.5, 0.6) is 11.5 Å². The van der Waals surface area contributed by atoms with Gasteiger partial charge in [0.05, 0.1) is 19.4 Å². The van der Waals surface area contributed by atoms with Crippen molar-refractivity contribution in [3.05, 3.63) is 94.8 Å². The lowest BCUT2D eigenvalue weighted by Gasteiger charge is -2.23. The molecule has 0 heterocycles. The first-order chi connectivity index (χ1) is 16.1. The molecule has 0 N–H and O–H groups in total. The Morgan fingerprint density at radius 2 is 1.35 bits per heavy atom. The molecule has 4 nitrogen and oxygen atoms in total. The first kappa shape index (κ1) is 25.7. The molecule has 0 aromatic heterocycles. The second kappa shape index (κ2) is 11.0. The molecule has 10 heteroatoms. The number of hydrogen-bond donors (Lipinski definition) is 0. The van der Waals surface area contributed by atoms with Crippen molar-refractivity contribution in [2.24, 2.45) is 5.92 Å². The fourth-order valence-corrected chi connectivity index (χ4v) is 5.05. The molecule has 2 atom stereocenters. The van der Waals surface area contributed by atoms with Crippen LogP contribution in [0.2, 0.25) is 0 Å². The summed E-state index contributed by atoms with van der Waals surface area (Å²) in [7, 11) is -4.47. The summed E-state index contributed by atoms with van der Waals surface area (Å²) >= 11 is 0. The summed E-state index contributed by atoms with van der Waals surface area (Å²) in [6.45, 7) is 3.87. The Balaban J connectivity index is 1.81. The van der Waals surface area contributed by atoms with E-state index in [1.165, 1.54) is 12.1 Å². The quantitative estimate of drug-likeness (QED) is 0.128. The molecule has 34 heavy (non-hydrogen) atoms.